The number of aryl methyl sites for hydroxylation is 1. The van der Waals surface area contributed by atoms with Gasteiger partial charge in [0.2, 0.25) is 0 Å². The maximum atomic E-state index is 4.23. The van der Waals surface area contributed by atoms with Crippen LogP contribution in [0.3, 0.4) is 0 Å². The molecular weight excluding hydrogens is 190 g/mol. The summed E-state index contributed by atoms with van der Waals surface area (Å²) in [6.45, 7) is 2.05. The molecule has 0 bridgehead atoms. The van der Waals surface area contributed by atoms with Gasteiger partial charge >= 0.3 is 0 Å². The standard InChI is InChI=1S/C10H13N5/c1-7-9(5-12-14(7)2)10-13-11-6-15(10)8-3-4-8/h5-6,8H,3-4H2,1-2H3. The molecule has 1 aliphatic carbocycles. The lowest BCUT2D eigenvalue weighted by Crippen LogP contribution is -1.98. The number of nitrogens with zero attached hydrogens (tertiary/aromatic N) is 5. The Morgan fingerprint density at radius 1 is 1.40 bits per heavy atom. The van der Waals surface area contributed by atoms with E-state index >= 15 is 0 Å². The predicted molar refractivity (Wildman–Crippen MR) is 55.2 cm³/mol. The van der Waals surface area contributed by atoms with Crippen LogP contribution >= 0.6 is 0 Å². The monoisotopic (exact) mass is 203 g/mol. The first-order valence-corrected chi connectivity index (χ1v) is 5.16. The van der Waals surface area contributed by atoms with Crippen molar-refractivity contribution >= 4 is 0 Å². The highest BCUT2D eigenvalue weighted by molar-refractivity contribution is 5.57. The molecule has 0 N–H and O–H groups in total. The fourth-order valence-corrected chi connectivity index (χ4v) is 1.77. The highest BCUT2D eigenvalue weighted by Crippen LogP contribution is 2.37. The molecule has 1 saturated carbocycles. The molecule has 5 heteroatoms. The molecule has 0 aliphatic heterocycles. The van der Waals surface area contributed by atoms with Crippen LogP contribution in [0.15, 0.2) is 12.5 Å². The first-order chi connectivity index (χ1) is 7.27. The topological polar surface area (TPSA) is 48.5 Å². The second-order valence-electron chi connectivity index (χ2n) is 4.06. The smallest absolute Gasteiger partial charge is 0.167 e. The Labute approximate surface area is 87.7 Å². The van der Waals surface area contributed by atoms with E-state index in [1.807, 2.05) is 31.2 Å². The van der Waals surface area contributed by atoms with Crippen molar-refractivity contribution in [2.45, 2.75) is 25.8 Å². The van der Waals surface area contributed by atoms with E-state index in [9.17, 15) is 0 Å². The van der Waals surface area contributed by atoms with Gasteiger partial charge in [-0.1, -0.05) is 0 Å². The van der Waals surface area contributed by atoms with Crippen molar-refractivity contribution < 1.29 is 0 Å². The van der Waals surface area contributed by atoms with Crippen LogP contribution in [0.4, 0.5) is 0 Å². The Morgan fingerprint density at radius 3 is 2.80 bits per heavy atom. The molecule has 0 atom stereocenters. The van der Waals surface area contributed by atoms with Crippen LogP contribution < -0.4 is 0 Å². The number of rotatable bonds is 2. The van der Waals surface area contributed by atoms with E-state index in [4.69, 9.17) is 0 Å². The summed E-state index contributed by atoms with van der Waals surface area (Å²) in [6, 6.07) is 0.606. The molecule has 0 spiro atoms. The quantitative estimate of drug-likeness (QED) is 0.739. The van der Waals surface area contributed by atoms with Gasteiger partial charge in [0, 0.05) is 18.8 Å². The second-order valence-corrected chi connectivity index (χ2v) is 4.06. The molecule has 0 radical (unpaired) electrons. The molecule has 78 valence electrons. The summed E-state index contributed by atoms with van der Waals surface area (Å²) in [6.07, 6.45) is 6.16. The Hall–Kier alpha value is -1.65. The maximum absolute atomic E-state index is 4.23. The van der Waals surface area contributed by atoms with Gasteiger partial charge in [-0.15, -0.1) is 10.2 Å². The minimum absolute atomic E-state index is 0.606. The minimum atomic E-state index is 0.606. The highest BCUT2D eigenvalue weighted by Gasteiger charge is 2.27. The lowest BCUT2D eigenvalue weighted by atomic mass is 10.2. The molecule has 5 nitrogen and oxygen atoms in total. The molecule has 15 heavy (non-hydrogen) atoms. The molecule has 2 heterocycles. The number of hydrogen-bond donors (Lipinski definition) is 0. The van der Waals surface area contributed by atoms with Gasteiger partial charge in [-0.2, -0.15) is 5.10 Å². The van der Waals surface area contributed by atoms with Gasteiger partial charge in [0.05, 0.1) is 11.8 Å². The first-order valence-electron chi connectivity index (χ1n) is 5.16. The lowest BCUT2D eigenvalue weighted by molar-refractivity contribution is 0.735. The van der Waals surface area contributed by atoms with E-state index in [0.717, 1.165) is 17.1 Å². The average Bonchev–Trinajstić information content (AvgIpc) is 2.88. The normalized spacial score (nSPS) is 15.9. The number of hydrogen-bond acceptors (Lipinski definition) is 3. The van der Waals surface area contributed by atoms with Crippen LogP contribution in [-0.4, -0.2) is 24.5 Å². The van der Waals surface area contributed by atoms with E-state index in [2.05, 4.69) is 19.9 Å². The third-order valence-corrected chi connectivity index (χ3v) is 2.99. The van der Waals surface area contributed by atoms with E-state index in [0.29, 0.717) is 6.04 Å². The van der Waals surface area contributed by atoms with Gasteiger partial charge in [-0.3, -0.25) is 4.68 Å². The molecule has 0 amide bonds. The summed E-state index contributed by atoms with van der Waals surface area (Å²) < 4.78 is 4.02. The fourth-order valence-electron chi connectivity index (χ4n) is 1.77. The molecule has 0 saturated heterocycles. The minimum Gasteiger partial charge on any atom is -0.310 e. The van der Waals surface area contributed by atoms with Crippen LogP contribution in [0.5, 0.6) is 0 Å². The Bertz CT molecular complexity index is 492. The molecule has 0 aromatic carbocycles. The van der Waals surface area contributed by atoms with Crippen molar-refractivity contribution in [1.29, 1.82) is 0 Å². The summed E-state index contributed by atoms with van der Waals surface area (Å²) in [7, 11) is 1.94. The Balaban J connectivity index is 2.11. The van der Waals surface area contributed by atoms with Gasteiger partial charge in [0.15, 0.2) is 5.82 Å². The fraction of sp³-hybridized carbons (Fsp3) is 0.500. The molecule has 0 unspecified atom stereocenters. The van der Waals surface area contributed by atoms with Crippen molar-refractivity contribution in [3.63, 3.8) is 0 Å². The molecule has 1 fully saturated rings. The van der Waals surface area contributed by atoms with Crippen molar-refractivity contribution in [1.82, 2.24) is 24.5 Å². The van der Waals surface area contributed by atoms with Crippen LogP contribution in [0, 0.1) is 6.92 Å². The van der Waals surface area contributed by atoms with Crippen LogP contribution in [0.25, 0.3) is 11.4 Å². The van der Waals surface area contributed by atoms with Gasteiger partial charge in [0.1, 0.15) is 6.33 Å². The van der Waals surface area contributed by atoms with Crippen LogP contribution in [0.1, 0.15) is 24.6 Å². The van der Waals surface area contributed by atoms with E-state index in [1.54, 1.807) is 0 Å². The third kappa shape index (κ3) is 1.26. The highest BCUT2D eigenvalue weighted by atomic mass is 15.3. The first kappa shape index (κ1) is 8.64. The largest absolute Gasteiger partial charge is 0.310 e. The predicted octanol–water partition coefficient (Wildman–Crippen LogP) is 1.32. The van der Waals surface area contributed by atoms with Crippen molar-refractivity contribution in [3.8, 4) is 11.4 Å². The van der Waals surface area contributed by atoms with Gasteiger partial charge in [0.25, 0.3) is 0 Å². The van der Waals surface area contributed by atoms with Gasteiger partial charge in [-0.05, 0) is 19.8 Å². The van der Waals surface area contributed by atoms with Crippen LogP contribution in [0.2, 0.25) is 0 Å². The zero-order valence-electron chi connectivity index (χ0n) is 8.88. The Kier molecular flexibility index (Phi) is 1.68. The summed E-state index contributed by atoms with van der Waals surface area (Å²) >= 11 is 0. The lowest BCUT2D eigenvalue weighted by Gasteiger charge is -2.03. The number of aromatic nitrogens is 5. The molecule has 3 rings (SSSR count). The van der Waals surface area contributed by atoms with Gasteiger partial charge in [-0.25, -0.2) is 0 Å². The average molecular weight is 203 g/mol. The van der Waals surface area contributed by atoms with E-state index in [1.165, 1.54) is 12.8 Å². The third-order valence-electron chi connectivity index (χ3n) is 2.99. The summed E-state index contributed by atoms with van der Waals surface area (Å²) in [4.78, 5) is 0. The van der Waals surface area contributed by atoms with E-state index in [-0.39, 0.29) is 0 Å². The van der Waals surface area contributed by atoms with Gasteiger partial charge < -0.3 is 4.57 Å². The van der Waals surface area contributed by atoms with E-state index < -0.39 is 0 Å². The molecule has 2 aromatic heterocycles. The zero-order chi connectivity index (χ0) is 10.4. The maximum Gasteiger partial charge on any atom is 0.167 e. The summed E-state index contributed by atoms with van der Waals surface area (Å²) in [5.74, 6) is 0.947. The Morgan fingerprint density at radius 2 is 2.20 bits per heavy atom. The van der Waals surface area contributed by atoms with Crippen molar-refractivity contribution in [2.75, 3.05) is 0 Å². The van der Waals surface area contributed by atoms with Crippen LogP contribution in [-0.2, 0) is 7.05 Å². The summed E-state index contributed by atoms with van der Waals surface area (Å²) in [5, 5.41) is 12.4. The van der Waals surface area contributed by atoms with Crippen molar-refractivity contribution in [3.05, 3.63) is 18.2 Å². The molecular formula is C10H13N5. The van der Waals surface area contributed by atoms with Crippen molar-refractivity contribution in [2.24, 2.45) is 7.05 Å². The second kappa shape index (κ2) is 2.92. The summed E-state index contributed by atoms with van der Waals surface area (Å²) in [5.41, 5.74) is 2.21. The molecule has 1 aliphatic rings. The molecule has 2 aromatic rings. The zero-order valence-corrected chi connectivity index (χ0v) is 8.88. The SMILES string of the molecule is Cc1c(-c2nncn2C2CC2)cnn1C.